The predicted octanol–water partition coefficient (Wildman–Crippen LogP) is 0.450. The van der Waals surface area contributed by atoms with Gasteiger partial charge in [0.15, 0.2) is 0 Å². The molecule has 2 N–H and O–H groups in total. The Morgan fingerprint density at radius 1 is 1.50 bits per heavy atom. The molecule has 2 aliphatic rings. The van der Waals surface area contributed by atoms with E-state index in [0.29, 0.717) is 6.42 Å². The van der Waals surface area contributed by atoms with Crippen molar-refractivity contribution in [3.05, 3.63) is 0 Å². The van der Waals surface area contributed by atoms with Gasteiger partial charge in [-0.3, -0.25) is 0 Å². The molecule has 0 amide bonds. The summed E-state index contributed by atoms with van der Waals surface area (Å²) in [5.41, 5.74) is -1.29. The number of rotatable bonds is 1. The summed E-state index contributed by atoms with van der Waals surface area (Å²) in [7, 11) is 3.42. The van der Waals surface area contributed by atoms with Crippen LogP contribution in [0.25, 0.3) is 0 Å². The van der Waals surface area contributed by atoms with Crippen LogP contribution in [0.4, 0.5) is 0 Å². The number of hydrogen-bond donors (Lipinski definition) is 2. The molecule has 0 saturated heterocycles. The maximum absolute atomic E-state index is 12.1. The molecule has 5 atom stereocenters. The van der Waals surface area contributed by atoms with E-state index < -0.39 is 29.8 Å². The summed E-state index contributed by atoms with van der Waals surface area (Å²) >= 11 is 0. The smallest absolute Gasteiger partial charge is 0.0946 e. The van der Waals surface area contributed by atoms with E-state index in [1.54, 1.807) is 13.3 Å². The number of aliphatic hydroxyl groups excluding tert-OH is 1. The van der Waals surface area contributed by atoms with Gasteiger partial charge in [-0.15, -0.1) is 0 Å². The van der Waals surface area contributed by atoms with E-state index in [4.69, 9.17) is 7.85 Å². The largest absolute Gasteiger partial charge is 0.389 e. The molecule has 2 fully saturated rings. The monoisotopic (exact) mass is 214 g/mol. The fourth-order valence-corrected chi connectivity index (χ4v) is 5.50. The van der Waals surface area contributed by atoms with Crippen molar-refractivity contribution in [3.63, 3.8) is 0 Å². The Labute approximate surface area is 85.7 Å². The van der Waals surface area contributed by atoms with Crippen LogP contribution in [0.1, 0.15) is 13.3 Å². The lowest BCUT2D eigenvalue weighted by Gasteiger charge is -2.33. The molecule has 5 heteroatoms. The molecule has 3 nitrogen and oxygen atoms in total. The maximum atomic E-state index is 12.1. The van der Waals surface area contributed by atoms with Crippen molar-refractivity contribution in [2.24, 2.45) is 5.92 Å². The Kier molecular flexibility index (Phi) is 1.90. The third-order valence-electron chi connectivity index (χ3n) is 4.17. The first kappa shape index (κ1) is 10.7. The minimum absolute atomic E-state index is 0.0216. The van der Waals surface area contributed by atoms with Gasteiger partial charge in [-0.25, -0.2) is 0 Å². The van der Waals surface area contributed by atoms with E-state index in [-0.39, 0.29) is 5.92 Å². The van der Waals surface area contributed by atoms with Crippen LogP contribution in [0.3, 0.4) is 0 Å². The molecule has 0 aromatic heterocycles. The maximum Gasteiger partial charge on any atom is 0.0946 e. The molecule has 2 aliphatic carbocycles. The molecule has 5 unspecified atom stereocenters. The second-order valence-corrected chi connectivity index (χ2v) is 8.84. The average Bonchev–Trinajstić information content (AvgIpc) is 2.71. The second kappa shape index (κ2) is 2.48. The summed E-state index contributed by atoms with van der Waals surface area (Å²) in [5, 5.41) is 19.4. The summed E-state index contributed by atoms with van der Waals surface area (Å²) in [4.78, 5) is 0. The quantitative estimate of drug-likeness (QED) is 0.492. The zero-order chi connectivity index (χ0) is 10.9. The first-order chi connectivity index (χ1) is 6.15. The third-order valence-corrected chi connectivity index (χ3v) is 6.93. The topological polar surface area (TPSA) is 57.5 Å². The zero-order valence-electron chi connectivity index (χ0n) is 8.77. The highest BCUT2D eigenvalue weighted by molar-refractivity contribution is 7.64. The zero-order valence-corrected chi connectivity index (χ0v) is 9.66. The lowest BCUT2D eigenvalue weighted by molar-refractivity contribution is -0.0503. The first-order valence-electron chi connectivity index (χ1n) is 4.87. The normalized spacial score (nSPS) is 57.1. The van der Waals surface area contributed by atoms with Gasteiger partial charge in [-0.05, 0) is 38.4 Å². The lowest BCUT2D eigenvalue weighted by atomic mass is 9.73. The highest BCUT2D eigenvalue weighted by Gasteiger charge is 2.77. The van der Waals surface area contributed by atoms with E-state index in [2.05, 4.69) is 0 Å². The van der Waals surface area contributed by atoms with Gasteiger partial charge >= 0.3 is 0 Å². The van der Waals surface area contributed by atoms with Gasteiger partial charge in [-0.1, -0.05) is 0 Å². The molecule has 0 aromatic rings. The Morgan fingerprint density at radius 3 is 2.21 bits per heavy atom. The summed E-state index contributed by atoms with van der Waals surface area (Å²) in [6, 6.07) is 0. The predicted molar refractivity (Wildman–Crippen MR) is 56.4 cm³/mol. The lowest BCUT2D eigenvalue weighted by Crippen LogP contribution is -2.45. The second-order valence-electron chi connectivity index (χ2n) is 5.31. The molecule has 2 saturated carbocycles. The van der Waals surface area contributed by atoms with Gasteiger partial charge in [0.05, 0.1) is 31.8 Å². The fraction of sp³-hybridized carbons (Fsp3) is 1.00. The molecular formula is C9H16BO3P. The van der Waals surface area contributed by atoms with Crippen molar-refractivity contribution in [2.75, 3.05) is 13.3 Å². The molecular weight excluding hydrogens is 198 g/mol. The number of hydrogen-bond acceptors (Lipinski definition) is 3. The van der Waals surface area contributed by atoms with Gasteiger partial charge < -0.3 is 14.8 Å². The summed E-state index contributed by atoms with van der Waals surface area (Å²) < 4.78 is 12.1. The summed E-state index contributed by atoms with van der Waals surface area (Å²) in [5.74, 6) is -0.431. The Balaban J connectivity index is 2.43. The molecule has 0 spiro atoms. The van der Waals surface area contributed by atoms with E-state index in [1.807, 2.05) is 0 Å². The molecule has 0 heterocycles. The van der Waals surface area contributed by atoms with Crippen molar-refractivity contribution in [1.29, 1.82) is 0 Å². The van der Waals surface area contributed by atoms with Crippen molar-refractivity contribution < 1.29 is 14.8 Å². The van der Waals surface area contributed by atoms with Crippen molar-refractivity contribution in [1.82, 2.24) is 0 Å². The minimum atomic E-state index is -2.41. The van der Waals surface area contributed by atoms with E-state index in [9.17, 15) is 14.8 Å². The highest BCUT2D eigenvalue weighted by atomic mass is 31.2. The Morgan fingerprint density at radius 2 is 2.00 bits per heavy atom. The van der Waals surface area contributed by atoms with Crippen LogP contribution in [-0.4, -0.2) is 48.3 Å². The van der Waals surface area contributed by atoms with Crippen LogP contribution >= 0.6 is 7.14 Å². The van der Waals surface area contributed by atoms with Crippen molar-refractivity contribution in [2.45, 2.75) is 36.0 Å². The van der Waals surface area contributed by atoms with Crippen LogP contribution in [0.15, 0.2) is 0 Å². The first-order valence-corrected chi connectivity index (χ1v) is 7.47. The molecule has 0 bridgehead atoms. The van der Waals surface area contributed by atoms with E-state index >= 15 is 0 Å². The van der Waals surface area contributed by atoms with Crippen LogP contribution in [0, 0.1) is 5.92 Å². The van der Waals surface area contributed by atoms with Gasteiger partial charge in [0.25, 0.3) is 0 Å². The fourth-order valence-electron chi connectivity index (χ4n) is 3.05. The summed E-state index contributed by atoms with van der Waals surface area (Å²) in [6.45, 7) is 4.88. The van der Waals surface area contributed by atoms with Gasteiger partial charge in [0.1, 0.15) is 0 Å². The van der Waals surface area contributed by atoms with Gasteiger partial charge in [-0.2, -0.15) is 0 Å². The van der Waals surface area contributed by atoms with Crippen LogP contribution in [-0.2, 0) is 4.57 Å². The van der Waals surface area contributed by atoms with Crippen LogP contribution < -0.4 is 0 Å². The average molecular weight is 214 g/mol. The Bertz CT molecular complexity index is 324. The van der Waals surface area contributed by atoms with E-state index in [0.717, 1.165) is 0 Å². The highest BCUT2D eigenvalue weighted by Crippen LogP contribution is 2.79. The SMILES string of the molecule is [B]C1C2CC2(P(C)(C)=O)C(O)C1(C)O. The molecule has 2 radical (unpaired) electrons. The number of fused-ring (bicyclic) bond motifs is 1. The van der Waals surface area contributed by atoms with Crippen molar-refractivity contribution >= 4 is 15.0 Å². The molecule has 2 rings (SSSR count). The van der Waals surface area contributed by atoms with Crippen LogP contribution in [0.2, 0.25) is 5.82 Å². The standard InChI is InChI=1S/C9H16BO3P/c1-8(12)6(10)5-4-9(5,7(8)11)14(2,3)13/h5-7,11-12H,4H2,1-3H3. The number of aliphatic hydroxyl groups is 2. The Hall–Kier alpha value is 0.215. The third kappa shape index (κ3) is 0.950. The van der Waals surface area contributed by atoms with Gasteiger partial charge in [0.2, 0.25) is 0 Å². The van der Waals surface area contributed by atoms with Gasteiger partial charge in [0, 0.05) is 0 Å². The molecule has 0 aromatic carbocycles. The van der Waals surface area contributed by atoms with Crippen LogP contribution in [0.5, 0.6) is 0 Å². The van der Waals surface area contributed by atoms with Crippen molar-refractivity contribution in [3.8, 4) is 0 Å². The van der Waals surface area contributed by atoms with E-state index in [1.165, 1.54) is 6.92 Å². The minimum Gasteiger partial charge on any atom is -0.389 e. The molecule has 78 valence electrons. The molecule has 0 aliphatic heterocycles. The summed E-state index contributed by atoms with van der Waals surface area (Å²) in [6.07, 6.45) is -0.258. The molecule has 14 heavy (non-hydrogen) atoms.